The third-order valence-electron chi connectivity index (χ3n) is 7.07. The molecule has 31 heavy (non-hydrogen) atoms. The van der Waals surface area contributed by atoms with Gasteiger partial charge in [-0.05, 0) is 62.6 Å². The van der Waals surface area contributed by atoms with Crippen LogP contribution in [0, 0.1) is 11.8 Å². The molecule has 2 fully saturated rings. The number of carbonyl (C=O) groups excluding carboxylic acids is 1. The summed E-state index contributed by atoms with van der Waals surface area (Å²) in [5.41, 5.74) is 0.630. The van der Waals surface area contributed by atoms with Gasteiger partial charge in [0.05, 0.1) is 5.56 Å². The average Bonchev–Trinajstić information content (AvgIpc) is 3.34. The van der Waals surface area contributed by atoms with E-state index in [4.69, 9.17) is 0 Å². The van der Waals surface area contributed by atoms with E-state index in [1.54, 1.807) is 18.7 Å². The predicted molar refractivity (Wildman–Crippen MR) is 123 cm³/mol. The van der Waals surface area contributed by atoms with E-state index in [0.717, 1.165) is 24.7 Å². The molecule has 0 spiro atoms. The number of aromatic nitrogens is 3. The molecule has 3 heterocycles. The molecule has 1 N–H and O–H groups in total. The van der Waals surface area contributed by atoms with Crippen molar-refractivity contribution in [3.8, 4) is 5.82 Å². The summed E-state index contributed by atoms with van der Waals surface area (Å²) < 4.78 is 1.84. The van der Waals surface area contributed by atoms with E-state index in [-0.39, 0.29) is 11.9 Å². The first kappa shape index (κ1) is 22.0. The van der Waals surface area contributed by atoms with Crippen LogP contribution in [0.2, 0.25) is 0 Å². The largest absolute Gasteiger partial charge is 0.349 e. The number of piperidine rings is 1. The van der Waals surface area contributed by atoms with Gasteiger partial charge in [0.2, 0.25) is 0 Å². The normalized spacial score (nSPS) is 24.7. The maximum Gasteiger partial charge on any atom is 0.253 e. The number of amides is 1. The van der Waals surface area contributed by atoms with Gasteiger partial charge in [-0.3, -0.25) is 9.36 Å². The van der Waals surface area contributed by atoms with Gasteiger partial charge in [0.15, 0.2) is 0 Å². The van der Waals surface area contributed by atoms with Crippen molar-refractivity contribution in [3.63, 3.8) is 0 Å². The third-order valence-corrected chi connectivity index (χ3v) is 7.07. The van der Waals surface area contributed by atoms with E-state index < -0.39 is 0 Å². The highest BCUT2D eigenvalue weighted by molar-refractivity contribution is 5.94. The van der Waals surface area contributed by atoms with E-state index in [2.05, 4.69) is 27.1 Å². The molecule has 1 saturated heterocycles. The Balaban J connectivity index is 1.33. The van der Waals surface area contributed by atoms with Crippen LogP contribution in [0.3, 0.4) is 0 Å². The van der Waals surface area contributed by atoms with Crippen molar-refractivity contribution in [2.45, 2.75) is 70.8 Å². The van der Waals surface area contributed by atoms with Crippen molar-refractivity contribution in [1.82, 2.24) is 24.8 Å². The van der Waals surface area contributed by atoms with Gasteiger partial charge in [-0.1, -0.05) is 32.6 Å². The van der Waals surface area contributed by atoms with Crippen LogP contribution in [0.25, 0.3) is 5.82 Å². The Hall–Kier alpha value is -2.21. The number of imidazole rings is 1. The highest BCUT2D eigenvalue weighted by Gasteiger charge is 2.30. The van der Waals surface area contributed by atoms with Crippen molar-refractivity contribution in [3.05, 3.63) is 42.6 Å². The predicted octanol–water partition coefficient (Wildman–Crippen LogP) is 4.46. The van der Waals surface area contributed by atoms with Gasteiger partial charge in [-0.2, -0.15) is 0 Å². The van der Waals surface area contributed by atoms with Gasteiger partial charge in [0.25, 0.3) is 5.91 Å². The summed E-state index contributed by atoms with van der Waals surface area (Å²) in [4.78, 5) is 24.1. The zero-order valence-electron chi connectivity index (χ0n) is 18.9. The van der Waals surface area contributed by atoms with Gasteiger partial charge < -0.3 is 10.2 Å². The van der Waals surface area contributed by atoms with Crippen LogP contribution < -0.4 is 5.32 Å². The fourth-order valence-corrected chi connectivity index (χ4v) is 5.31. The fraction of sp³-hybridized carbons (Fsp3) is 0.640. The average molecular weight is 424 g/mol. The van der Waals surface area contributed by atoms with Crippen LogP contribution in [0.15, 0.2) is 37.1 Å². The lowest BCUT2D eigenvalue weighted by molar-refractivity contribution is 0.0853. The number of hydrogen-bond acceptors (Lipinski definition) is 4. The second kappa shape index (κ2) is 10.9. The SMILES string of the molecule is CCCCC1CCCN(C[C@@H]2CCCC[C@H]2NC(=O)c2ccc(-n3ccnc3)nc2)C1. The van der Waals surface area contributed by atoms with E-state index in [0.29, 0.717) is 11.5 Å². The van der Waals surface area contributed by atoms with Crippen molar-refractivity contribution < 1.29 is 4.79 Å². The van der Waals surface area contributed by atoms with Gasteiger partial charge in [-0.25, -0.2) is 9.97 Å². The lowest BCUT2D eigenvalue weighted by atomic mass is 9.83. The monoisotopic (exact) mass is 423 g/mol. The summed E-state index contributed by atoms with van der Waals surface area (Å²) in [6, 6.07) is 4.00. The van der Waals surface area contributed by atoms with Gasteiger partial charge in [-0.15, -0.1) is 0 Å². The Labute approximate surface area is 186 Å². The molecule has 168 valence electrons. The molecule has 0 aromatic carbocycles. The molecule has 3 atom stereocenters. The molecule has 2 aliphatic rings. The van der Waals surface area contributed by atoms with Crippen molar-refractivity contribution in [1.29, 1.82) is 0 Å². The summed E-state index contributed by atoms with van der Waals surface area (Å²) in [6.45, 7) is 5.89. The maximum absolute atomic E-state index is 12.9. The molecule has 6 nitrogen and oxygen atoms in total. The Morgan fingerprint density at radius 3 is 2.87 bits per heavy atom. The van der Waals surface area contributed by atoms with E-state index in [1.807, 2.05) is 22.9 Å². The molecular formula is C25H37N5O. The van der Waals surface area contributed by atoms with Gasteiger partial charge in [0.1, 0.15) is 12.1 Å². The summed E-state index contributed by atoms with van der Waals surface area (Å²) in [5.74, 6) is 2.19. The molecular weight excluding hydrogens is 386 g/mol. The summed E-state index contributed by atoms with van der Waals surface area (Å²) in [7, 11) is 0. The first-order chi connectivity index (χ1) is 15.2. The van der Waals surface area contributed by atoms with Crippen LogP contribution >= 0.6 is 0 Å². The number of unbranched alkanes of at least 4 members (excludes halogenated alkanes) is 1. The molecule has 6 heteroatoms. The number of nitrogens with zero attached hydrogens (tertiary/aromatic N) is 4. The Morgan fingerprint density at radius 1 is 1.19 bits per heavy atom. The minimum atomic E-state index is 0.000970. The first-order valence-electron chi connectivity index (χ1n) is 12.2. The van der Waals surface area contributed by atoms with Crippen molar-refractivity contribution in [2.24, 2.45) is 11.8 Å². The number of carbonyl (C=O) groups is 1. The lowest BCUT2D eigenvalue weighted by Crippen LogP contribution is -2.48. The van der Waals surface area contributed by atoms with Crippen LogP contribution in [0.5, 0.6) is 0 Å². The topological polar surface area (TPSA) is 63.1 Å². The number of rotatable bonds is 8. The molecule has 2 aromatic rings. The molecule has 0 radical (unpaired) electrons. The highest BCUT2D eigenvalue weighted by Crippen LogP contribution is 2.28. The van der Waals surface area contributed by atoms with Gasteiger partial charge >= 0.3 is 0 Å². The second-order valence-electron chi connectivity index (χ2n) is 9.41. The minimum absolute atomic E-state index is 0.000970. The first-order valence-corrected chi connectivity index (χ1v) is 12.2. The minimum Gasteiger partial charge on any atom is -0.349 e. The fourth-order valence-electron chi connectivity index (χ4n) is 5.31. The van der Waals surface area contributed by atoms with E-state index in [1.165, 1.54) is 64.5 Å². The molecule has 1 aliphatic carbocycles. The molecule has 1 unspecified atom stereocenters. The van der Waals surface area contributed by atoms with Crippen molar-refractivity contribution >= 4 is 5.91 Å². The van der Waals surface area contributed by atoms with Crippen molar-refractivity contribution in [2.75, 3.05) is 19.6 Å². The van der Waals surface area contributed by atoms with Crippen LogP contribution in [-0.2, 0) is 0 Å². The highest BCUT2D eigenvalue weighted by atomic mass is 16.1. The number of likely N-dealkylation sites (tertiary alicyclic amines) is 1. The second-order valence-corrected chi connectivity index (χ2v) is 9.41. The zero-order chi connectivity index (χ0) is 21.5. The summed E-state index contributed by atoms with van der Waals surface area (Å²) >= 11 is 0. The number of hydrogen-bond donors (Lipinski definition) is 1. The molecule has 1 amide bonds. The smallest absolute Gasteiger partial charge is 0.253 e. The quantitative estimate of drug-likeness (QED) is 0.681. The van der Waals surface area contributed by atoms with Crippen LogP contribution in [0.4, 0.5) is 0 Å². The van der Waals surface area contributed by atoms with Gasteiger partial charge in [0, 0.05) is 37.7 Å². The van der Waals surface area contributed by atoms with Crippen LogP contribution in [-0.4, -0.2) is 51.0 Å². The molecule has 2 aromatic heterocycles. The molecule has 1 saturated carbocycles. The Bertz CT molecular complexity index is 804. The lowest BCUT2D eigenvalue weighted by Gasteiger charge is -2.39. The summed E-state index contributed by atoms with van der Waals surface area (Å²) in [5, 5.41) is 3.35. The van der Waals surface area contributed by atoms with E-state index >= 15 is 0 Å². The standard InChI is InChI=1S/C25H37N5O/c1-2-3-7-20-8-6-14-29(17-20)18-22-9-4-5-10-23(22)28-25(31)21-11-12-24(27-16-21)30-15-13-26-19-30/h11-13,15-16,19-20,22-23H,2-10,14,17-18H2,1H3,(H,28,31)/t20?,22-,23+/m0/s1. The zero-order valence-corrected chi connectivity index (χ0v) is 18.9. The number of pyridine rings is 1. The number of nitrogens with one attached hydrogen (secondary N) is 1. The summed E-state index contributed by atoms with van der Waals surface area (Å²) in [6.07, 6.45) is 18.5. The van der Waals surface area contributed by atoms with E-state index in [9.17, 15) is 4.79 Å². The third kappa shape index (κ3) is 5.94. The Kier molecular flexibility index (Phi) is 7.73. The molecule has 4 rings (SSSR count). The molecule has 1 aliphatic heterocycles. The Morgan fingerprint density at radius 2 is 2.10 bits per heavy atom. The van der Waals surface area contributed by atoms with Crippen LogP contribution in [0.1, 0.15) is 75.1 Å². The molecule has 0 bridgehead atoms. The maximum atomic E-state index is 12.9.